The molecule has 1 fully saturated rings. The Hall–Kier alpha value is -1.18. The second-order valence-electron chi connectivity index (χ2n) is 4.12. The number of carboxylic acid groups (broad SMARTS) is 1. The maximum atomic E-state index is 11.9. The van der Waals surface area contributed by atoms with Gasteiger partial charge in [-0.3, -0.25) is 4.79 Å². The molecule has 0 aliphatic carbocycles. The molecule has 1 saturated heterocycles. The van der Waals surface area contributed by atoms with E-state index in [4.69, 9.17) is 15.6 Å². The molecule has 4 N–H and O–H groups in total. The highest BCUT2D eigenvalue weighted by Crippen LogP contribution is 2.19. The summed E-state index contributed by atoms with van der Waals surface area (Å²) in [5.41, 5.74) is 5.65. The minimum absolute atomic E-state index is 0.0243. The lowest BCUT2D eigenvalue weighted by Crippen LogP contribution is -2.49. The van der Waals surface area contributed by atoms with E-state index in [2.05, 4.69) is 0 Å². The van der Waals surface area contributed by atoms with Crippen LogP contribution in [-0.2, 0) is 14.3 Å². The van der Waals surface area contributed by atoms with Gasteiger partial charge in [0, 0.05) is 26.7 Å². The molecule has 0 bridgehead atoms. The molecule has 1 rings (SSSR count). The monoisotopic (exact) mass is 246 g/mol. The van der Waals surface area contributed by atoms with Gasteiger partial charge >= 0.3 is 5.97 Å². The predicted molar refractivity (Wildman–Crippen MR) is 58.2 cm³/mol. The highest BCUT2D eigenvalue weighted by molar-refractivity contribution is 5.87. The zero-order valence-electron chi connectivity index (χ0n) is 9.70. The van der Waals surface area contributed by atoms with Gasteiger partial charge in [-0.05, 0) is 6.42 Å². The van der Waals surface area contributed by atoms with Gasteiger partial charge in [0.1, 0.15) is 6.04 Å². The number of carbonyl (C=O) groups is 2. The van der Waals surface area contributed by atoms with Crippen molar-refractivity contribution in [1.29, 1.82) is 0 Å². The van der Waals surface area contributed by atoms with E-state index in [0.29, 0.717) is 13.0 Å². The Bertz CT molecular complexity index is 296. The van der Waals surface area contributed by atoms with Crippen LogP contribution in [0.25, 0.3) is 0 Å². The fourth-order valence-electron chi connectivity index (χ4n) is 1.87. The summed E-state index contributed by atoms with van der Waals surface area (Å²) in [6, 6.07) is -1.77. The van der Waals surface area contributed by atoms with E-state index in [-0.39, 0.29) is 13.0 Å². The SMILES string of the molecule is COCCC(N)C(=O)N1C[C@@H](O)C[C@H]1C(=O)O. The third-order valence-corrected chi connectivity index (χ3v) is 2.80. The minimum Gasteiger partial charge on any atom is -0.480 e. The first kappa shape index (κ1) is 13.9. The number of amides is 1. The van der Waals surface area contributed by atoms with E-state index >= 15 is 0 Å². The molecule has 0 aromatic rings. The number of aliphatic carboxylic acids is 1. The number of nitrogens with zero attached hydrogens (tertiary/aromatic N) is 1. The minimum atomic E-state index is -1.12. The third-order valence-electron chi connectivity index (χ3n) is 2.80. The van der Waals surface area contributed by atoms with Crippen molar-refractivity contribution in [2.24, 2.45) is 5.73 Å². The van der Waals surface area contributed by atoms with Crippen LogP contribution in [0.1, 0.15) is 12.8 Å². The van der Waals surface area contributed by atoms with Crippen molar-refractivity contribution in [3.63, 3.8) is 0 Å². The Labute approximate surface area is 99.1 Å². The summed E-state index contributed by atoms with van der Waals surface area (Å²) in [5.74, 6) is -1.57. The molecule has 0 aromatic carbocycles. The average molecular weight is 246 g/mol. The summed E-state index contributed by atoms with van der Waals surface area (Å²) < 4.78 is 4.80. The Morgan fingerprint density at radius 3 is 2.76 bits per heavy atom. The highest BCUT2D eigenvalue weighted by atomic mass is 16.5. The predicted octanol–water partition coefficient (Wildman–Crippen LogP) is -1.60. The van der Waals surface area contributed by atoms with Crippen molar-refractivity contribution in [1.82, 2.24) is 4.90 Å². The number of rotatable bonds is 5. The van der Waals surface area contributed by atoms with Gasteiger partial charge in [0.15, 0.2) is 0 Å². The topological polar surface area (TPSA) is 113 Å². The van der Waals surface area contributed by atoms with Crippen molar-refractivity contribution in [2.75, 3.05) is 20.3 Å². The van der Waals surface area contributed by atoms with Gasteiger partial charge in [0.2, 0.25) is 5.91 Å². The molecule has 3 atom stereocenters. The van der Waals surface area contributed by atoms with Crippen LogP contribution in [0, 0.1) is 0 Å². The van der Waals surface area contributed by atoms with Crippen molar-refractivity contribution < 1.29 is 24.5 Å². The Morgan fingerprint density at radius 1 is 1.59 bits per heavy atom. The number of hydrogen-bond donors (Lipinski definition) is 3. The second-order valence-corrected chi connectivity index (χ2v) is 4.12. The van der Waals surface area contributed by atoms with Crippen molar-refractivity contribution in [3.8, 4) is 0 Å². The van der Waals surface area contributed by atoms with Crippen LogP contribution in [0.4, 0.5) is 0 Å². The zero-order chi connectivity index (χ0) is 13.0. The number of methoxy groups -OCH3 is 1. The first-order chi connectivity index (χ1) is 7.97. The number of nitrogens with two attached hydrogens (primary N) is 1. The average Bonchev–Trinajstić information content (AvgIpc) is 2.67. The quantitative estimate of drug-likeness (QED) is 0.538. The van der Waals surface area contributed by atoms with Crippen LogP contribution in [-0.4, -0.2) is 65.4 Å². The van der Waals surface area contributed by atoms with E-state index in [1.807, 2.05) is 0 Å². The van der Waals surface area contributed by atoms with Crippen molar-refractivity contribution >= 4 is 11.9 Å². The molecule has 7 heteroatoms. The Kier molecular flexibility index (Phi) is 4.86. The molecule has 0 spiro atoms. The molecular weight excluding hydrogens is 228 g/mol. The first-order valence-electron chi connectivity index (χ1n) is 5.43. The van der Waals surface area contributed by atoms with Crippen LogP contribution in [0.15, 0.2) is 0 Å². The fourth-order valence-corrected chi connectivity index (χ4v) is 1.87. The Balaban J connectivity index is 2.63. The smallest absolute Gasteiger partial charge is 0.326 e. The zero-order valence-corrected chi connectivity index (χ0v) is 9.70. The van der Waals surface area contributed by atoms with E-state index in [1.165, 1.54) is 7.11 Å². The van der Waals surface area contributed by atoms with Crippen LogP contribution in [0.5, 0.6) is 0 Å². The van der Waals surface area contributed by atoms with E-state index < -0.39 is 30.1 Å². The summed E-state index contributed by atoms with van der Waals surface area (Å²) in [5, 5.41) is 18.3. The summed E-state index contributed by atoms with van der Waals surface area (Å²) in [6.07, 6.45) is -0.415. The Morgan fingerprint density at radius 2 is 2.24 bits per heavy atom. The van der Waals surface area contributed by atoms with Gasteiger partial charge in [-0.1, -0.05) is 0 Å². The van der Waals surface area contributed by atoms with Crippen LogP contribution < -0.4 is 5.73 Å². The lowest BCUT2D eigenvalue weighted by Gasteiger charge is -2.24. The lowest BCUT2D eigenvalue weighted by atomic mass is 10.1. The number of hydrogen-bond acceptors (Lipinski definition) is 5. The molecule has 7 nitrogen and oxygen atoms in total. The van der Waals surface area contributed by atoms with Gasteiger partial charge in [-0.2, -0.15) is 0 Å². The highest BCUT2D eigenvalue weighted by Gasteiger charge is 2.40. The summed E-state index contributed by atoms with van der Waals surface area (Å²) >= 11 is 0. The third kappa shape index (κ3) is 3.39. The molecule has 1 heterocycles. The van der Waals surface area contributed by atoms with Crippen molar-refractivity contribution in [2.45, 2.75) is 31.0 Å². The molecule has 0 saturated carbocycles. The number of carboxylic acids is 1. The second kappa shape index (κ2) is 5.95. The largest absolute Gasteiger partial charge is 0.480 e. The van der Waals surface area contributed by atoms with Gasteiger partial charge in [-0.25, -0.2) is 4.79 Å². The number of β-amino-alcohol motifs (C(OH)–C–C–N with tert-alkyl or cyclic N) is 1. The van der Waals surface area contributed by atoms with Gasteiger partial charge < -0.3 is 25.6 Å². The number of ether oxygens (including phenoxy) is 1. The van der Waals surface area contributed by atoms with Crippen LogP contribution in [0.2, 0.25) is 0 Å². The van der Waals surface area contributed by atoms with E-state index in [9.17, 15) is 14.7 Å². The maximum Gasteiger partial charge on any atom is 0.326 e. The molecular formula is C10H18N2O5. The van der Waals surface area contributed by atoms with E-state index in [0.717, 1.165) is 4.90 Å². The van der Waals surface area contributed by atoms with E-state index in [1.54, 1.807) is 0 Å². The normalized spacial score (nSPS) is 25.9. The lowest BCUT2D eigenvalue weighted by molar-refractivity contribution is -0.148. The standard InChI is InChI=1S/C10H18N2O5/c1-17-3-2-7(11)9(14)12-5-6(13)4-8(12)10(15)16/h6-8,13H,2-5,11H2,1H3,(H,15,16)/t6-,7?,8-/m0/s1. The molecule has 17 heavy (non-hydrogen) atoms. The molecule has 0 radical (unpaired) electrons. The molecule has 1 amide bonds. The van der Waals surface area contributed by atoms with Crippen LogP contribution in [0.3, 0.4) is 0 Å². The number of likely N-dealkylation sites (tertiary alicyclic amines) is 1. The summed E-state index contributed by atoms with van der Waals surface area (Å²) in [4.78, 5) is 23.9. The van der Waals surface area contributed by atoms with Crippen molar-refractivity contribution in [3.05, 3.63) is 0 Å². The molecule has 1 unspecified atom stereocenters. The fraction of sp³-hybridized carbons (Fsp3) is 0.800. The molecule has 1 aliphatic rings. The summed E-state index contributed by atoms with van der Waals surface area (Å²) in [6.45, 7) is 0.359. The number of aliphatic hydroxyl groups is 1. The maximum absolute atomic E-state index is 11.9. The first-order valence-corrected chi connectivity index (χ1v) is 5.43. The molecule has 0 aromatic heterocycles. The van der Waals surface area contributed by atoms with Gasteiger partial charge in [-0.15, -0.1) is 0 Å². The number of aliphatic hydroxyl groups excluding tert-OH is 1. The molecule has 1 aliphatic heterocycles. The van der Waals surface area contributed by atoms with Gasteiger partial charge in [0.25, 0.3) is 0 Å². The summed E-state index contributed by atoms with van der Waals surface area (Å²) in [7, 11) is 1.50. The van der Waals surface area contributed by atoms with Gasteiger partial charge in [0.05, 0.1) is 12.1 Å². The molecule has 98 valence electrons. The number of carbonyl (C=O) groups excluding carboxylic acids is 1. The van der Waals surface area contributed by atoms with Crippen LogP contribution >= 0.6 is 0 Å².